The van der Waals surface area contributed by atoms with Gasteiger partial charge in [-0.2, -0.15) is 0 Å². The second-order valence-corrected chi connectivity index (χ2v) is 5.87. The highest BCUT2D eigenvalue weighted by atomic mass is 35.5. The lowest BCUT2D eigenvalue weighted by Crippen LogP contribution is -2.07. The van der Waals surface area contributed by atoms with Gasteiger partial charge in [0.2, 0.25) is 0 Å². The number of rotatable bonds is 4. The normalized spacial score (nSPS) is 14.1. The van der Waals surface area contributed by atoms with Crippen LogP contribution in [0.4, 0.5) is 17.3 Å². The van der Waals surface area contributed by atoms with Crippen LogP contribution >= 0.6 is 11.6 Å². The molecule has 21 heavy (non-hydrogen) atoms. The molecular formula is C16H19ClN4. The van der Waals surface area contributed by atoms with Gasteiger partial charge in [-0.1, -0.05) is 17.7 Å². The fraction of sp³-hybridized carbons (Fsp3) is 0.375. The molecule has 1 fully saturated rings. The standard InChI is InChI=1S/C16H19ClN4/c1-9-12(17)5-4-6-13(9)19-15-10(2)14(18-3)20-16(21-15)11-7-8-11/h4-6,11H,7-8H2,1-3H3,(H2,18,19,20,21). The number of halogens is 1. The van der Waals surface area contributed by atoms with Crippen molar-refractivity contribution in [1.82, 2.24) is 9.97 Å². The van der Waals surface area contributed by atoms with Gasteiger partial charge in [0, 0.05) is 29.2 Å². The van der Waals surface area contributed by atoms with E-state index in [4.69, 9.17) is 16.6 Å². The summed E-state index contributed by atoms with van der Waals surface area (Å²) in [6, 6.07) is 5.84. The lowest BCUT2D eigenvalue weighted by atomic mass is 10.2. The predicted octanol–water partition coefficient (Wildman–Crippen LogP) is 4.41. The van der Waals surface area contributed by atoms with Crippen molar-refractivity contribution in [2.45, 2.75) is 32.6 Å². The molecular weight excluding hydrogens is 284 g/mol. The fourth-order valence-electron chi connectivity index (χ4n) is 2.29. The van der Waals surface area contributed by atoms with Gasteiger partial charge >= 0.3 is 0 Å². The maximum Gasteiger partial charge on any atom is 0.139 e. The molecule has 1 aromatic heterocycles. The molecule has 2 N–H and O–H groups in total. The summed E-state index contributed by atoms with van der Waals surface area (Å²) in [7, 11) is 1.89. The van der Waals surface area contributed by atoms with Crippen LogP contribution in [-0.2, 0) is 0 Å². The third-order valence-corrected chi connectivity index (χ3v) is 4.27. The molecule has 2 aromatic rings. The summed E-state index contributed by atoms with van der Waals surface area (Å²) in [4.78, 5) is 9.31. The molecule has 0 unspecified atom stereocenters. The van der Waals surface area contributed by atoms with Crippen LogP contribution in [-0.4, -0.2) is 17.0 Å². The first-order valence-electron chi connectivity index (χ1n) is 7.18. The highest BCUT2D eigenvalue weighted by Gasteiger charge is 2.28. The maximum absolute atomic E-state index is 6.19. The molecule has 0 radical (unpaired) electrons. The second kappa shape index (κ2) is 5.53. The van der Waals surface area contributed by atoms with Crippen LogP contribution in [0.25, 0.3) is 0 Å². The number of hydrogen-bond acceptors (Lipinski definition) is 4. The van der Waals surface area contributed by atoms with Gasteiger partial charge in [-0.3, -0.25) is 0 Å². The van der Waals surface area contributed by atoms with Gasteiger partial charge in [0.1, 0.15) is 17.5 Å². The molecule has 1 aliphatic carbocycles. The molecule has 0 amide bonds. The molecule has 1 heterocycles. The quantitative estimate of drug-likeness (QED) is 0.878. The molecule has 0 spiro atoms. The van der Waals surface area contributed by atoms with E-state index >= 15 is 0 Å². The topological polar surface area (TPSA) is 49.8 Å². The average Bonchev–Trinajstić information content (AvgIpc) is 3.30. The minimum atomic E-state index is 0.513. The van der Waals surface area contributed by atoms with Crippen LogP contribution in [0.2, 0.25) is 5.02 Å². The summed E-state index contributed by atoms with van der Waals surface area (Å²) in [6.45, 7) is 4.02. The monoisotopic (exact) mass is 302 g/mol. The molecule has 1 aromatic carbocycles. The molecule has 1 saturated carbocycles. The van der Waals surface area contributed by atoms with Gasteiger partial charge in [-0.25, -0.2) is 9.97 Å². The zero-order valence-electron chi connectivity index (χ0n) is 12.5. The molecule has 4 nitrogen and oxygen atoms in total. The first-order valence-corrected chi connectivity index (χ1v) is 7.56. The van der Waals surface area contributed by atoms with Crippen LogP contribution in [0.5, 0.6) is 0 Å². The Bertz CT molecular complexity index is 680. The Labute approximate surface area is 130 Å². The van der Waals surface area contributed by atoms with E-state index in [1.165, 1.54) is 12.8 Å². The van der Waals surface area contributed by atoms with E-state index in [1.807, 2.05) is 39.1 Å². The Hall–Kier alpha value is -1.81. The first-order chi connectivity index (χ1) is 10.1. The molecule has 5 heteroatoms. The van der Waals surface area contributed by atoms with E-state index in [0.29, 0.717) is 5.92 Å². The molecule has 0 atom stereocenters. The first kappa shape index (κ1) is 14.1. The summed E-state index contributed by atoms with van der Waals surface area (Å²) in [5.74, 6) is 3.17. The summed E-state index contributed by atoms with van der Waals surface area (Å²) in [5.41, 5.74) is 3.02. The van der Waals surface area contributed by atoms with Crippen LogP contribution in [0.1, 0.15) is 35.7 Å². The molecule has 3 rings (SSSR count). The van der Waals surface area contributed by atoms with E-state index in [0.717, 1.165) is 39.3 Å². The molecule has 1 aliphatic rings. The minimum Gasteiger partial charge on any atom is -0.373 e. The lowest BCUT2D eigenvalue weighted by molar-refractivity contribution is 0.923. The zero-order valence-corrected chi connectivity index (χ0v) is 13.3. The van der Waals surface area contributed by atoms with Crippen molar-refractivity contribution in [3.8, 4) is 0 Å². The summed E-state index contributed by atoms with van der Waals surface area (Å²) in [5, 5.41) is 7.31. The minimum absolute atomic E-state index is 0.513. The Kier molecular flexibility index (Phi) is 3.72. The molecule has 0 aliphatic heterocycles. The van der Waals surface area contributed by atoms with Crippen LogP contribution in [0.15, 0.2) is 18.2 Å². The summed E-state index contributed by atoms with van der Waals surface area (Å²) >= 11 is 6.19. The summed E-state index contributed by atoms with van der Waals surface area (Å²) in [6.07, 6.45) is 2.36. The highest BCUT2D eigenvalue weighted by molar-refractivity contribution is 6.31. The van der Waals surface area contributed by atoms with E-state index in [2.05, 4.69) is 15.6 Å². The predicted molar refractivity (Wildman–Crippen MR) is 87.8 cm³/mol. The smallest absolute Gasteiger partial charge is 0.139 e. The van der Waals surface area contributed by atoms with E-state index in [-0.39, 0.29) is 0 Å². The molecule has 0 saturated heterocycles. The number of anilines is 3. The van der Waals surface area contributed by atoms with Gasteiger partial charge in [-0.05, 0) is 44.4 Å². The van der Waals surface area contributed by atoms with Crippen LogP contribution < -0.4 is 10.6 Å². The van der Waals surface area contributed by atoms with Crippen molar-refractivity contribution < 1.29 is 0 Å². The summed E-state index contributed by atoms with van der Waals surface area (Å²) < 4.78 is 0. The number of aromatic nitrogens is 2. The van der Waals surface area contributed by atoms with Crippen molar-refractivity contribution in [1.29, 1.82) is 0 Å². The highest BCUT2D eigenvalue weighted by Crippen LogP contribution is 2.40. The van der Waals surface area contributed by atoms with Crippen LogP contribution in [0, 0.1) is 13.8 Å². The fourth-order valence-corrected chi connectivity index (χ4v) is 2.47. The average molecular weight is 303 g/mol. The third kappa shape index (κ3) is 2.81. The van der Waals surface area contributed by atoms with Crippen molar-refractivity contribution in [3.05, 3.63) is 40.2 Å². The Morgan fingerprint density at radius 3 is 2.48 bits per heavy atom. The Morgan fingerprint density at radius 2 is 1.81 bits per heavy atom. The largest absolute Gasteiger partial charge is 0.373 e. The Morgan fingerprint density at radius 1 is 1.10 bits per heavy atom. The van der Waals surface area contributed by atoms with E-state index in [9.17, 15) is 0 Å². The van der Waals surface area contributed by atoms with Gasteiger partial charge in [-0.15, -0.1) is 0 Å². The Balaban J connectivity index is 2.01. The van der Waals surface area contributed by atoms with E-state index in [1.54, 1.807) is 0 Å². The van der Waals surface area contributed by atoms with Gasteiger partial charge in [0.05, 0.1) is 0 Å². The third-order valence-electron chi connectivity index (χ3n) is 3.86. The van der Waals surface area contributed by atoms with Crippen molar-refractivity contribution in [2.24, 2.45) is 0 Å². The SMILES string of the molecule is CNc1nc(C2CC2)nc(Nc2cccc(Cl)c2C)c1C. The van der Waals surface area contributed by atoms with Gasteiger partial charge < -0.3 is 10.6 Å². The number of hydrogen-bond donors (Lipinski definition) is 2. The molecule has 110 valence electrons. The number of nitrogens with one attached hydrogen (secondary N) is 2. The van der Waals surface area contributed by atoms with Crippen molar-refractivity contribution >= 4 is 28.9 Å². The number of nitrogens with zero attached hydrogens (tertiary/aromatic N) is 2. The van der Waals surface area contributed by atoms with Crippen LogP contribution in [0.3, 0.4) is 0 Å². The van der Waals surface area contributed by atoms with Crippen molar-refractivity contribution in [2.75, 3.05) is 17.7 Å². The van der Waals surface area contributed by atoms with E-state index < -0.39 is 0 Å². The van der Waals surface area contributed by atoms with Crippen molar-refractivity contribution in [3.63, 3.8) is 0 Å². The zero-order chi connectivity index (χ0) is 15.0. The maximum atomic E-state index is 6.19. The van der Waals surface area contributed by atoms with Gasteiger partial charge in [0.15, 0.2) is 0 Å². The number of benzene rings is 1. The molecule has 0 bridgehead atoms. The second-order valence-electron chi connectivity index (χ2n) is 5.47. The lowest BCUT2D eigenvalue weighted by Gasteiger charge is -2.15. The van der Waals surface area contributed by atoms with Gasteiger partial charge in [0.25, 0.3) is 0 Å².